The van der Waals surface area contributed by atoms with E-state index in [-0.39, 0.29) is 33.8 Å². The van der Waals surface area contributed by atoms with Gasteiger partial charge < -0.3 is 10.6 Å². The van der Waals surface area contributed by atoms with E-state index in [2.05, 4.69) is 31.4 Å². The minimum Gasteiger partial charge on any atom is -0.345 e. The maximum absolute atomic E-state index is 12.9. The predicted octanol–water partition coefficient (Wildman–Crippen LogP) is 4.24. The molecule has 2 amide bonds. The molecule has 0 rings (SSSR count). The molecule has 0 aromatic heterocycles. The van der Waals surface area contributed by atoms with Crippen LogP contribution in [0.15, 0.2) is 0 Å². The van der Waals surface area contributed by atoms with E-state index in [0.717, 1.165) is 6.42 Å². The first-order chi connectivity index (χ1) is 11.9. The number of ketones is 1. The van der Waals surface area contributed by atoms with Gasteiger partial charge in [-0.2, -0.15) is 0 Å². The monoisotopic (exact) mass is 382 g/mol. The van der Waals surface area contributed by atoms with Crippen LogP contribution in [-0.4, -0.2) is 29.7 Å². The highest BCUT2D eigenvalue weighted by atomic mass is 16.2. The number of amides is 2. The summed E-state index contributed by atoms with van der Waals surface area (Å²) in [6.45, 7) is 20.0. The third-order valence-corrected chi connectivity index (χ3v) is 4.19. The fourth-order valence-electron chi connectivity index (χ4n) is 2.76. The Kier molecular flexibility index (Phi) is 9.20. The maximum Gasteiger partial charge on any atom is 0.243 e. The molecular formula is C22H42N2O3. The Hall–Kier alpha value is -1.39. The number of carbonyl (C=O) groups excluding carboxylic acids is 3. The van der Waals surface area contributed by atoms with Crippen LogP contribution in [0.4, 0.5) is 0 Å². The zero-order valence-electron chi connectivity index (χ0n) is 19.2. The van der Waals surface area contributed by atoms with Crippen molar-refractivity contribution >= 4 is 17.6 Å². The second-order valence-electron chi connectivity index (χ2n) is 11.4. The van der Waals surface area contributed by atoms with E-state index in [1.807, 2.05) is 41.5 Å². The highest BCUT2D eigenvalue weighted by molar-refractivity contribution is 5.92. The van der Waals surface area contributed by atoms with Crippen LogP contribution in [0.5, 0.6) is 0 Å². The van der Waals surface area contributed by atoms with Crippen molar-refractivity contribution in [2.75, 3.05) is 0 Å². The number of carbonyl (C=O) groups is 3. The zero-order valence-corrected chi connectivity index (χ0v) is 19.2. The van der Waals surface area contributed by atoms with Crippen LogP contribution in [0.1, 0.15) is 94.9 Å². The Balaban J connectivity index is 5.17. The van der Waals surface area contributed by atoms with E-state index in [4.69, 9.17) is 0 Å². The van der Waals surface area contributed by atoms with Gasteiger partial charge in [0.25, 0.3) is 0 Å². The van der Waals surface area contributed by atoms with Crippen LogP contribution >= 0.6 is 0 Å². The molecular weight excluding hydrogens is 340 g/mol. The average Bonchev–Trinajstić information content (AvgIpc) is 2.39. The second kappa shape index (κ2) is 9.70. The molecule has 158 valence electrons. The second-order valence-corrected chi connectivity index (χ2v) is 11.4. The Morgan fingerprint density at radius 2 is 1.15 bits per heavy atom. The van der Waals surface area contributed by atoms with Gasteiger partial charge in [-0.25, -0.2) is 0 Å². The smallest absolute Gasteiger partial charge is 0.243 e. The molecule has 27 heavy (non-hydrogen) atoms. The van der Waals surface area contributed by atoms with E-state index in [9.17, 15) is 14.4 Å². The van der Waals surface area contributed by atoms with Gasteiger partial charge >= 0.3 is 0 Å². The summed E-state index contributed by atoms with van der Waals surface area (Å²) in [4.78, 5) is 37.3. The molecule has 0 aliphatic carbocycles. The Morgan fingerprint density at radius 1 is 0.704 bits per heavy atom. The van der Waals surface area contributed by atoms with Gasteiger partial charge in [-0.1, -0.05) is 62.3 Å². The van der Waals surface area contributed by atoms with Gasteiger partial charge in [0, 0.05) is 6.42 Å². The molecule has 0 bridgehead atoms. The molecule has 0 aliphatic heterocycles. The summed E-state index contributed by atoms with van der Waals surface area (Å²) < 4.78 is 0. The van der Waals surface area contributed by atoms with Crippen molar-refractivity contribution in [2.24, 2.45) is 16.2 Å². The fourth-order valence-corrected chi connectivity index (χ4v) is 2.76. The van der Waals surface area contributed by atoms with Crippen LogP contribution in [-0.2, 0) is 14.4 Å². The minimum absolute atomic E-state index is 0.0611. The molecule has 0 saturated carbocycles. The summed E-state index contributed by atoms with van der Waals surface area (Å²) in [5.41, 5.74) is -0.153. The lowest BCUT2D eigenvalue weighted by atomic mass is 9.85. The molecule has 5 nitrogen and oxygen atoms in total. The third-order valence-electron chi connectivity index (χ3n) is 4.19. The highest BCUT2D eigenvalue weighted by Gasteiger charge is 2.30. The van der Waals surface area contributed by atoms with E-state index < -0.39 is 12.1 Å². The first-order valence-corrected chi connectivity index (χ1v) is 10.00. The largest absolute Gasteiger partial charge is 0.345 e. The molecule has 0 aromatic rings. The number of rotatable bonds is 8. The van der Waals surface area contributed by atoms with Gasteiger partial charge in [0.15, 0.2) is 5.78 Å². The van der Waals surface area contributed by atoms with Crippen molar-refractivity contribution in [3.63, 3.8) is 0 Å². The summed E-state index contributed by atoms with van der Waals surface area (Å²) in [7, 11) is 0. The molecule has 0 spiro atoms. The van der Waals surface area contributed by atoms with Crippen molar-refractivity contribution in [3.05, 3.63) is 0 Å². The molecule has 0 heterocycles. The molecule has 2 atom stereocenters. The summed E-state index contributed by atoms with van der Waals surface area (Å²) >= 11 is 0. The molecule has 0 saturated heterocycles. The zero-order chi connectivity index (χ0) is 21.6. The molecule has 0 unspecified atom stereocenters. The van der Waals surface area contributed by atoms with Crippen molar-refractivity contribution in [1.29, 1.82) is 0 Å². The Morgan fingerprint density at radius 3 is 1.52 bits per heavy atom. The van der Waals surface area contributed by atoms with Crippen LogP contribution in [0.25, 0.3) is 0 Å². The summed E-state index contributed by atoms with van der Waals surface area (Å²) in [5.74, 6) is -0.463. The molecule has 0 aliphatic rings. The Bertz CT molecular complexity index is 519. The van der Waals surface area contributed by atoms with Crippen LogP contribution < -0.4 is 10.6 Å². The van der Waals surface area contributed by atoms with Crippen molar-refractivity contribution in [3.8, 4) is 0 Å². The summed E-state index contributed by atoms with van der Waals surface area (Å²) in [6.07, 6.45) is 2.22. The topological polar surface area (TPSA) is 75.3 Å². The quantitative estimate of drug-likeness (QED) is 0.659. The van der Waals surface area contributed by atoms with E-state index in [1.165, 1.54) is 6.92 Å². The number of hydrogen-bond acceptors (Lipinski definition) is 3. The fraction of sp³-hybridized carbons (Fsp3) is 0.864. The normalized spacial score (nSPS) is 15.0. The van der Waals surface area contributed by atoms with Crippen molar-refractivity contribution < 1.29 is 14.4 Å². The third kappa shape index (κ3) is 13.4. The van der Waals surface area contributed by atoms with Gasteiger partial charge in [0.2, 0.25) is 11.8 Å². The van der Waals surface area contributed by atoms with Crippen LogP contribution in [0.3, 0.4) is 0 Å². The maximum atomic E-state index is 12.9. The van der Waals surface area contributed by atoms with Crippen molar-refractivity contribution in [1.82, 2.24) is 10.6 Å². The SMILES string of the molecule is CC(=O)[C@H](CC(C)(C)C)NC(=O)[C@H](CC(C)(C)C)NC(=O)CCC(C)(C)C. The lowest BCUT2D eigenvalue weighted by Gasteiger charge is -2.30. The van der Waals surface area contributed by atoms with E-state index >= 15 is 0 Å². The lowest BCUT2D eigenvalue weighted by molar-refractivity contribution is -0.132. The van der Waals surface area contributed by atoms with Gasteiger partial charge in [-0.05, 0) is 42.4 Å². The number of nitrogens with one attached hydrogen (secondary N) is 2. The standard InChI is InChI=1S/C22H42N2O3/c1-15(25)16(13-21(5,6)7)24-19(27)17(14-22(8,9)10)23-18(26)11-12-20(2,3)4/h16-17H,11-14H2,1-10H3,(H,23,26)(H,24,27)/t16-,17-/m0/s1. The molecule has 0 aromatic carbocycles. The average molecular weight is 383 g/mol. The summed E-state index contributed by atoms with van der Waals surface area (Å²) in [6, 6.07) is -1.18. The van der Waals surface area contributed by atoms with Gasteiger partial charge in [0.1, 0.15) is 6.04 Å². The summed E-state index contributed by atoms with van der Waals surface area (Å²) in [5, 5.41) is 5.76. The lowest BCUT2D eigenvalue weighted by Crippen LogP contribution is -2.53. The predicted molar refractivity (Wildman–Crippen MR) is 111 cm³/mol. The first-order valence-electron chi connectivity index (χ1n) is 10.00. The van der Waals surface area contributed by atoms with Crippen molar-refractivity contribution in [2.45, 2.75) is 107 Å². The molecule has 0 radical (unpaired) electrons. The van der Waals surface area contributed by atoms with E-state index in [1.54, 1.807) is 0 Å². The number of hydrogen-bond donors (Lipinski definition) is 2. The number of Topliss-reactive ketones (excluding diaryl/α,β-unsaturated/α-hetero) is 1. The van der Waals surface area contributed by atoms with Gasteiger partial charge in [0.05, 0.1) is 6.04 Å². The minimum atomic E-state index is -0.640. The van der Waals surface area contributed by atoms with Gasteiger partial charge in [-0.3, -0.25) is 14.4 Å². The van der Waals surface area contributed by atoms with Crippen LogP contribution in [0.2, 0.25) is 0 Å². The van der Waals surface area contributed by atoms with E-state index in [0.29, 0.717) is 19.3 Å². The first kappa shape index (κ1) is 25.6. The molecule has 0 fully saturated rings. The highest BCUT2D eigenvalue weighted by Crippen LogP contribution is 2.24. The molecule has 5 heteroatoms. The Labute approximate surface area is 166 Å². The van der Waals surface area contributed by atoms with Gasteiger partial charge in [-0.15, -0.1) is 0 Å². The van der Waals surface area contributed by atoms with Crippen LogP contribution in [0, 0.1) is 16.2 Å². The molecule has 2 N–H and O–H groups in total.